The molecule has 1 aliphatic carbocycles. The Bertz CT molecular complexity index is 402. The standard InChI is InChI=1S/C14H20ClN3.HI/c1-16-14(17-9-8-11-2-3-11)18-10-12-4-6-13(15)7-5-12;/h4-7,11H,2-3,8-10H2,1H3,(H2,16,17,18);1H. The largest absolute Gasteiger partial charge is 0.356 e. The Balaban J connectivity index is 0.00000180. The van der Waals surface area contributed by atoms with Gasteiger partial charge in [0.05, 0.1) is 0 Å². The second kappa shape index (κ2) is 8.64. The van der Waals surface area contributed by atoms with Crippen molar-refractivity contribution < 1.29 is 0 Å². The molecule has 1 aromatic carbocycles. The fourth-order valence-corrected chi connectivity index (χ4v) is 1.94. The van der Waals surface area contributed by atoms with Crippen LogP contribution in [0.15, 0.2) is 29.3 Å². The molecule has 1 fully saturated rings. The molecule has 0 bridgehead atoms. The van der Waals surface area contributed by atoms with Gasteiger partial charge in [0.25, 0.3) is 0 Å². The third kappa shape index (κ3) is 6.47. The van der Waals surface area contributed by atoms with Crippen molar-refractivity contribution in [2.45, 2.75) is 25.8 Å². The van der Waals surface area contributed by atoms with Gasteiger partial charge in [-0.1, -0.05) is 36.6 Å². The van der Waals surface area contributed by atoms with Crippen LogP contribution in [0.3, 0.4) is 0 Å². The molecule has 0 radical (unpaired) electrons. The van der Waals surface area contributed by atoms with Crippen LogP contribution < -0.4 is 10.6 Å². The minimum atomic E-state index is 0. The maximum Gasteiger partial charge on any atom is 0.191 e. The van der Waals surface area contributed by atoms with Crippen molar-refractivity contribution in [1.82, 2.24) is 10.6 Å². The molecule has 1 aliphatic rings. The van der Waals surface area contributed by atoms with E-state index in [-0.39, 0.29) is 24.0 Å². The lowest BCUT2D eigenvalue weighted by Gasteiger charge is -2.11. The lowest BCUT2D eigenvalue weighted by molar-refractivity contribution is 0.684. The molecule has 106 valence electrons. The number of hydrogen-bond donors (Lipinski definition) is 2. The molecule has 0 atom stereocenters. The van der Waals surface area contributed by atoms with E-state index in [0.717, 1.165) is 30.0 Å². The van der Waals surface area contributed by atoms with Crippen molar-refractivity contribution in [2.75, 3.05) is 13.6 Å². The average molecular weight is 394 g/mol. The van der Waals surface area contributed by atoms with E-state index in [9.17, 15) is 0 Å². The van der Waals surface area contributed by atoms with Gasteiger partial charge >= 0.3 is 0 Å². The summed E-state index contributed by atoms with van der Waals surface area (Å²) in [5.74, 6) is 1.82. The van der Waals surface area contributed by atoms with Gasteiger partial charge in [-0.05, 0) is 30.0 Å². The summed E-state index contributed by atoms with van der Waals surface area (Å²) in [6.45, 7) is 1.77. The number of halogens is 2. The van der Waals surface area contributed by atoms with E-state index in [1.54, 1.807) is 7.05 Å². The highest BCUT2D eigenvalue weighted by molar-refractivity contribution is 14.0. The van der Waals surface area contributed by atoms with E-state index in [4.69, 9.17) is 11.6 Å². The Kier molecular flexibility index (Phi) is 7.53. The van der Waals surface area contributed by atoms with Crippen LogP contribution in [0.5, 0.6) is 0 Å². The number of hydrogen-bond acceptors (Lipinski definition) is 1. The molecule has 0 aliphatic heterocycles. The molecule has 0 aromatic heterocycles. The Labute approximate surface area is 137 Å². The monoisotopic (exact) mass is 393 g/mol. The van der Waals surface area contributed by atoms with Crippen LogP contribution in [0.4, 0.5) is 0 Å². The fourth-order valence-electron chi connectivity index (χ4n) is 1.81. The topological polar surface area (TPSA) is 36.4 Å². The van der Waals surface area contributed by atoms with Gasteiger partial charge in [-0.3, -0.25) is 4.99 Å². The van der Waals surface area contributed by atoms with E-state index in [1.165, 1.54) is 24.8 Å². The number of nitrogens with one attached hydrogen (secondary N) is 2. The lowest BCUT2D eigenvalue weighted by Crippen LogP contribution is -2.37. The Morgan fingerprint density at radius 1 is 1.26 bits per heavy atom. The Morgan fingerprint density at radius 2 is 1.95 bits per heavy atom. The minimum absolute atomic E-state index is 0. The number of nitrogens with zero attached hydrogens (tertiary/aromatic N) is 1. The van der Waals surface area contributed by atoms with Gasteiger partial charge in [0, 0.05) is 25.2 Å². The zero-order valence-corrected chi connectivity index (χ0v) is 14.2. The lowest BCUT2D eigenvalue weighted by atomic mass is 10.2. The second-order valence-electron chi connectivity index (χ2n) is 4.71. The summed E-state index contributed by atoms with van der Waals surface area (Å²) in [4.78, 5) is 4.21. The quantitative estimate of drug-likeness (QED) is 0.457. The summed E-state index contributed by atoms with van der Waals surface area (Å²) in [6.07, 6.45) is 4.05. The summed E-state index contributed by atoms with van der Waals surface area (Å²) in [6, 6.07) is 7.85. The van der Waals surface area contributed by atoms with Gasteiger partial charge in [-0.25, -0.2) is 0 Å². The molecular formula is C14H21ClIN3. The molecular weight excluding hydrogens is 373 g/mol. The molecule has 5 heteroatoms. The van der Waals surface area contributed by atoms with Crippen molar-refractivity contribution in [3.63, 3.8) is 0 Å². The first-order valence-corrected chi connectivity index (χ1v) is 6.84. The fraction of sp³-hybridized carbons (Fsp3) is 0.500. The van der Waals surface area contributed by atoms with Gasteiger partial charge in [0.15, 0.2) is 5.96 Å². The van der Waals surface area contributed by atoms with Crippen molar-refractivity contribution in [3.8, 4) is 0 Å². The van der Waals surface area contributed by atoms with Crippen LogP contribution in [0, 0.1) is 5.92 Å². The number of aliphatic imine (C=N–C) groups is 1. The van der Waals surface area contributed by atoms with Gasteiger partial charge in [0.2, 0.25) is 0 Å². The highest BCUT2D eigenvalue weighted by Crippen LogP contribution is 2.31. The number of benzene rings is 1. The molecule has 0 spiro atoms. The first kappa shape index (κ1) is 16.6. The van der Waals surface area contributed by atoms with E-state index in [2.05, 4.69) is 15.6 Å². The van der Waals surface area contributed by atoms with E-state index >= 15 is 0 Å². The SMILES string of the molecule is CN=C(NCCC1CC1)NCc1ccc(Cl)cc1.I. The Morgan fingerprint density at radius 3 is 2.53 bits per heavy atom. The van der Waals surface area contributed by atoms with Crippen molar-refractivity contribution in [1.29, 1.82) is 0 Å². The normalized spacial score (nSPS) is 14.7. The van der Waals surface area contributed by atoms with Crippen LogP contribution in [0.1, 0.15) is 24.8 Å². The van der Waals surface area contributed by atoms with Gasteiger partial charge in [-0.2, -0.15) is 0 Å². The molecule has 0 unspecified atom stereocenters. The first-order chi connectivity index (χ1) is 8.78. The first-order valence-electron chi connectivity index (χ1n) is 6.47. The molecule has 1 saturated carbocycles. The summed E-state index contributed by atoms with van der Waals surface area (Å²) in [5.41, 5.74) is 1.20. The van der Waals surface area contributed by atoms with Crippen LogP contribution >= 0.6 is 35.6 Å². The molecule has 2 rings (SSSR count). The molecule has 1 aromatic rings. The average Bonchev–Trinajstić information content (AvgIpc) is 3.19. The minimum Gasteiger partial charge on any atom is -0.356 e. The molecule has 3 nitrogen and oxygen atoms in total. The third-order valence-electron chi connectivity index (χ3n) is 3.14. The molecule has 0 amide bonds. The molecule has 0 saturated heterocycles. The summed E-state index contributed by atoms with van der Waals surface area (Å²) in [7, 11) is 1.80. The van der Waals surface area contributed by atoms with Crippen LogP contribution in [-0.4, -0.2) is 19.6 Å². The van der Waals surface area contributed by atoms with Gasteiger partial charge in [0.1, 0.15) is 0 Å². The zero-order valence-electron chi connectivity index (χ0n) is 11.2. The number of guanidine groups is 1. The second-order valence-corrected chi connectivity index (χ2v) is 5.15. The van der Waals surface area contributed by atoms with Crippen LogP contribution in [0.25, 0.3) is 0 Å². The predicted molar refractivity (Wildman–Crippen MR) is 92.4 cm³/mol. The van der Waals surface area contributed by atoms with Gasteiger partial charge in [-0.15, -0.1) is 24.0 Å². The maximum absolute atomic E-state index is 5.85. The smallest absolute Gasteiger partial charge is 0.191 e. The summed E-state index contributed by atoms with van der Waals surface area (Å²) >= 11 is 5.85. The van der Waals surface area contributed by atoms with Gasteiger partial charge < -0.3 is 10.6 Å². The van der Waals surface area contributed by atoms with Crippen molar-refractivity contribution >= 4 is 41.5 Å². The zero-order chi connectivity index (χ0) is 12.8. The van der Waals surface area contributed by atoms with Crippen molar-refractivity contribution in [3.05, 3.63) is 34.9 Å². The maximum atomic E-state index is 5.85. The van der Waals surface area contributed by atoms with E-state index < -0.39 is 0 Å². The van der Waals surface area contributed by atoms with Crippen molar-refractivity contribution in [2.24, 2.45) is 10.9 Å². The van der Waals surface area contributed by atoms with E-state index in [0.29, 0.717) is 0 Å². The molecule has 19 heavy (non-hydrogen) atoms. The summed E-state index contributed by atoms with van der Waals surface area (Å²) < 4.78 is 0. The molecule has 2 N–H and O–H groups in total. The summed E-state index contributed by atoms with van der Waals surface area (Å²) in [5, 5.41) is 7.40. The third-order valence-corrected chi connectivity index (χ3v) is 3.39. The highest BCUT2D eigenvalue weighted by atomic mass is 127. The molecule has 0 heterocycles. The predicted octanol–water partition coefficient (Wildman–Crippen LogP) is 3.42. The highest BCUT2D eigenvalue weighted by Gasteiger charge is 2.20. The Hall–Kier alpha value is -0.490. The van der Waals surface area contributed by atoms with Crippen LogP contribution in [-0.2, 0) is 6.54 Å². The number of rotatable bonds is 5. The van der Waals surface area contributed by atoms with Crippen LogP contribution in [0.2, 0.25) is 5.02 Å². The van der Waals surface area contributed by atoms with E-state index in [1.807, 2.05) is 24.3 Å².